The van der Waals surface area contributed by atoms with Crippen molar-refractivity contribution >= 4 is 15.9 Å². The maximum absolute atomic E-state index is 13.3. The van der Waals surface area contributed by atoms with E-state index in [0.29, 0.717) is 12.1 Å². The molecule has 0 atom stereocenters. The van der Waals surface area contributed by atoms with Crippen molar-refractivity contribution in [3.8, 4) is 0 Å². The number of benzene rings is 2. The van der Waals surface area contributed by atoms with Gasteiger partial charge in [0.25, 0.3) is 5.91 Å². The second-order valence-corrected chi connectivity index (χ2v) is 7.07. The van der Waals surface area contributed by atoms with Crippen LogP contribution in [-0.4, -0.2) is 32.8 Å². The molecule has 0 saturated carbocycles. The molecule has 0 spiro atoms. The van der Waals surface area contributed by atoms with Crippen molar-refractivity contribution in [2.24, 2.45) is 0 Å². The second kappa shape index (κ2) is 7.55. The van der Waals surface area contributed by atoms with Crippen LogP contribution in [0.15, 0.2) is 53.4 Å². The number of nitrogens with one attached hydrogen (secondary N) is 1. The first-order valence-corrected chi connectivity index (χ1v) is 8.93. The van der Waals surface area contributed by atoms with Gasteiger partial charge in [0.1, 0.15) is 5.82 Å². The van der Waals surface area contributed by atoms with E-state index in [0.717, 1.165) is 0 Å². The van der Waals surface area contributed by atoms with Crippen molar-refractivity contribution in [2.45, 2.75) is 18.4 Å². The van der Waals surface area contributed by atoms with Crippen molar-refractivity contribution < 1.29 is 17.6 Å². The van der Waals surface area contributed by atoms with Gasteiger partial charge in [-0.25, -0.2) is 17.5 Å². The van der Waals surface area contributed by atoms with Crippen molar-refractivity contribution in [1.29, 1.82) is 0 Å². The topological polar surface area (TPSA) is 66.5 Å². The van der Waals surface area contributed by atoms with Crippen LogP contribution < -0.4 is 4.72 Å². The lowest BCUT2D eigenvalue weighted by Gasteiger charge is -2.21. The van der Waals surface area contributed by atoms with Crippen molar-refractivity contribution in [3.63, 3.8) is 0 Å². The highest BCUT2D eigenvalue weighted by atomic mass is 32.2. The molecule has 0 aromatic heterocycles. The van der Waals surface area contributed by atoms with Gasteiger partial charge in [0.05, 0.1) is 4.90 Å². The molecule has 128 valence electrons. The maximum Gasteiger partial charge on any atom is 0.254 e. The molecule has 0 saturated heterocycles. The Morgan fingerprint density at radius 2 is 1.88 bits per heavy atom. The van der Waals surface area contributed by atoms with Crippen LogP contribution in [0.2, 0.25) is 0 Å². The number of sulfonamides is 1. The minimum atomic E-state index is -3.62. The zero-order valence-electron chi connectivity index (χ0n) is 13.5. The summed E-state index contributed by atoms with van der Waals surface area (Å²) in [4.78, 5) is 14.2. The van der Waals surface area contributed by atoms with E-state index in [2.05, 4.69) is 4.72 Å². The molecular weight excluding hydrogens is 331 g/mol. The third-order valence-corrected chi connectivity index (χ3v) is 5.00. The normalized spacial score (nSPS) is 11.3. The van der Waals surface area contributed by atoms with E-state index in [1.165, 1.54) is 42.3 Å². The number of nitrogens with zero attached hydrogens (tertiary/aromatic N) is 1. The van der Waals surface area contributed by atoms with Crippen LogP contribution in [0.1, 0.15) is 22.8 Å². The zero-order valence-corrected chi connectivity index (χ0v) is 14.3. The van der Waals surface area contributed by atoms with Gasteiger partial charge < -0.3 is 4.90 Å². The van der Waals surface area contributed by atoms with E-state index in [4.69, 9.17) is 0 Å². The molecule has 0 unspecified atom stereocenters. The molecule has 1 amide bonds. The molecule has 24 heavy (non-hydrogen) atoms. The van der Waals surface area contributed by atoms with Gasteiger partial charge >= 0.3 is 0 Å². The van der Waals surface area contributed by atoms with Gasteiger partial charge in [0, 0.05) is 18.7 Å². The maximum atomic E-state index is 13.3. The van der Waals surface area contributed by atoms with Gasteiger partial charge in [-0.2, -0.15) is 0 Å². The second-order valence-electron chi connectivity index (χ2n) is 5.18. The number of amides is 1. The number of carbonyl (C=O) groups excluding carboxylic acids is 1. The molecule has 2 rings (SSSR count). The van der Waals surface area contributed by atoms with Gasteiger partial charge in [0.15, 0.2) is 0 Å². The smallest absolute Gasteiger partial charge is 0.254 e. The van der Waals surface area contributed by atoms with E-state index < -0.39 is 10.0 Å². The Morgan fingerprint density at radius 1 is 1.17 bits per heavy atom. The highest BCUT2D eigenvalue weighted by Crippen LogP contribution is 2.15. The van der Waals surface area contributed by atoms with E-state index in [1.54, 1.807) is 18.2 Å². The first kappa shape index (κ1) is 18.1. The number of halogens is 1. The summed E-state index contributed by atoms with van der Waals surface area (Å²) in [5.74, 6) is -0.673. The average molecular weight is 350 g/mol. The Kier molecular flexibility index (Phi) is 5.69. The fourth-order valence-electron chi connectivity index (χ4n) is 2.28. The van der Waals surface area contributed by atoms with E-state index >= 15 is 0 Å². The number of hydrogen-bond donors (Lipinski definition) is 1. The molecule has 0 aliphatic carbocycles. The van der Waals surface area contributed by atoms with Crippen LogP contribution in [0.25, 0.3) is 0 Å². The summed E-state index contributed by atoms with van der Waals surface area (Å²) in [5.41, 5.74) is 0.939. The van der Waals surface area contributed by atoms with Crippen LogP contribution in [0, 0.1) is 5.82 Å². The molecule has 0 radical (unpaired) electrons. The Balaban J connectivity index is 2.27. The molecule has 0 aliphatic heterocycles. The number of carbonyl (C=O) groups is 1. The molecule has 7 heteroatoms. The summed E-state index contributed by atoms with van der Waals surface area (Å²) >= 11 is 0. The van der Waals surface area contributed by atoms with Crippen LogP contribution in [0.4, 0.5) is 4.39 Å². The highest BCUT2D eigenvalue weighted by Gasteiger charge is 2.18. The van der Waals surface area contributed by atoms with Crippen LogP contribution in [0.3, 0.4) is 0 Å². The summed E-state index contributed by atoms with van der Waals surface area (Å²) in [5, 5.41) is 0. The fraction of sp³-hybridized carbons (Fsp3) is 0.235. The lowest BCUT2D eigenvalue weighted by Crippen LogP contribution is -2.30. The van der Waals surface area contributed by atoms with Crippen molar-refractivity contribution in [3.05, 3.63) is 65.5 Å². The molecule has 0 aliphatic rings. The van der Waals surface area contributed by atoms with Crippen molar-refractivity contribution in [1.82, 2.24) is 9.62 Å². The Morgan fingerprint density at radius 3 is 2.50 bits per heavy atom. The molecule has 5 nitrogen and oxygen atoms in total. The largest absolute Gasteiger partial charge is 0.335 e. The zero-order chi connectivity index (χ0) is 17.7. The SMILES string of the molecule is CCN(Cc1cccc(F)c1)C(=O)c1cccc(S(=O)(=O)NC)c1. The first-order chi connectivity index (χ1) is 11.4. The lowest BCUT2D eigenvalue weighted by atomic mass is 10.1. The summed E-state index contributed by atoms with van der Waals surface area (Å²) in [6, 6.07) is 11.9. The molecule has 0 fully saturated rings. The number of hydrogen-bond acceptors (Lipinski definition) is 3. The predicted octanol–water partition coefficient (Wildman–Crippen LogP) is 2.40. The van der Waals surface area contributed by atoms with Crippen LogP contribution >= 0.6 is 0 Å². The molecule has 1 N–H and O–H groups in total. The molecule has 0 bridgehead atoms. The molecule has 2 aromatic carbocycles. The van der Waals surface area contributed by atoms with E-state index in [-0.39, 0.29) is 28.7 Å². The first-order valence-electron chi connectivity index (χ1n) is 7.44. The van der Waals surface area contributed by atoms with E-state index in [9.17, 15) is 17.6 Å². The minimum absolute atomic E-state index is 0.0256. The summed E-state index contributed by atoms with van der Waals surface area (Å²) in [7, 11) is -2.31. The number of rotatable bonds is 6. The predicted molar refractivity (Wildman–Crippen MR) is 89.5 cm³/mol. The standard InChI is InChI=1S/C17H19FN2O3S/c1-3-20(12-13-6-4-8-15(18)10-13)17(21)14-7-5-9-16(11-14)24(22,23)19-2/h4-11,19H,3,12H2,1-2H3. The quantitative estimate of drug-likeness (QED) is 0.870. The van der Waals surface area contributed by atoms with E-state index in [1.807, 2.05) is 6.92 Å². The van der Waals surface area contributed by atoms with Crippen LogP contribution in [-0.2, 0) is 16.6 Å². The lowest BCUT2D eigenvalue weighted by molar-refractivity contribution is 0.0752. The molecule has 2 aromatic rings. The van der Waals surface area contributed by atoms with Gasteiger partial charge in [-0.1, -0.05) is 18.2 Å². The fourth-order valence-corrected chi connectivity index (χ4v) is 3.06. The van der Waals surface area contributed by atoms with Gasteiger partial charge in [-0.3, -0.25) is 4.79 Å². The third kappa shape index (κ3) is 4.18. The van der Waals surface area contributed by atoms with Gasteiger partial charge in [-0.05, 0) is 49.9 Å². The summed E-state index contributed by atoms with van der Waals surface area (Å²) in [6.07, 6.45) is 0. The Hall–Kier alpha value is -2.25. The monoisotopic (exact) mass is 350 g/mol. The summed E-state index contributed by atoms with van der Waals surface area (Å²) in [6.45, 7) is 2.47. The molecular formula is C17H19FN2O3S. The van der Waals surface area contributed by atoms with Gasteiger partial charge in [0.2, 0.25) is 10.0 Å². The van der Waals surface area contributed by atoms with Crippen molar-refractivity contribution in [2.75, 3.05) is 13.6 Å². The Labute approximate surface area is 141 Å². The Bertz CT molecular complexity index is 837. The summed E-state index contributed by atoms with van der Waals surface area (Å²) < 4.78 is 39.2. The molecule has 0 heterocycles. The minimum Gasteiger partial charge on any atom is -0.335 e. The van der Waals surface area contributed by atoms with Crippen LogP contribution in [0.5, 0.6) is 0 Å². The average Bonchev–Trinajstić information content (AvgIpc) is 2.59. The third-order valence-electron chi connectivity index (χ3n) is 3.59. The highest BCUT2D eigenvalue weighted by molar-refractivity contribution is 7.89. The van der Waals surface area contributed by atoms with Gasteiger partial charge in [-0.15, -0.1) is 0 Å².